The molecule has 1 fully saturated rings. The van der Waals surface area contributed by atoms with Gasteiger partial charge in [-0.3, -0.25) is 4.79 Å². The van der Waals surface area contributed by atoms with Gasteiger partial charge in [0.25, 0.3) is 5.91 Å². The van der Waals surface area contributed by atoms with E-state index < -0.39 is 5.60 Å². The van der Waals surface area contributed by atoms with Crippen LogP contribution in [-0.4, -0.2) is 56.4 Å². The highest BCUT2D eigenvalue weighted by Crippen LogP contribution is 2.34. The summed E-state index contributed by atoms with van der Waals surface area (Å²) >= 11 is 0. The lowest BCUT2D eigenvalue weighted by Gasteiger charge is -2.38. The van der Waals surface area contributed by atoms with Crippen molar-refractivity contribution in [1.29, 1.82) is 0 Å². The zero-order valence-electron chi connectivity index (χ0n) is 15.1. The first-order valence-corrected chi connectivity index (χ1v) is 9.25. The minimum atomic E-state index is -0.457. The lowest BCUT2D eigenvalue weighted by Crippen LogP contribution is -2.49. The molecule has 1 atom stereocenters. The molecule has 9 nitrogen and oxygen atoms in total. The minimum absolute atomic E-state index is 0.148. The summed E-state index contributed by atoms with van der Waals surface area (Å²) in [6.07, 6.45) is 12.1. The summed E-state index contributed by atoms with van der Waals surface area (Å²) in [5, 5.41) is 7.02. The fourth-order valence-corrected chi connectivity index (χ4v) is 3.57. The number of aryl methyl sites for hydroxylation is 1. The molecule has 1 unspecified atom stereocenters. The summed E-state index contributed by atoms with van der Waals surface area (Å²) in [6, 6.07) is 1.80. The summed E-state index contributed by atoms with van der Waals surface area (Å²) in [4.78, 5) is 32.9. The maximum Gasteiger partial charge on any atom is 0.269 e. The highest BCUT2D eigenvalue weighted by atomic mass is 16.7. The van der Waals surface area contributed by atoms with Crippen molar-refractivity contribution in [1.82, 2.24) is 24.8 Å². The van der Waals surface area contributed by atoms with Crippen molar-refractivity contribution in [2.24, 2.45) is 5.16 Å². The second-order valence-corrected chi connectivity index (χ2v) is 6.97. The third-order valence-corrected chi connectivity index (χ3v) is 4.91. The Balaban J connectivity index is 1.27. The predicted molar refractivity (Wildman–Crippen MR) is 99.2 cm³/mol. The van der Waals surface area contributed by atoms with Gasteiger partial charge in [-0.25, -0.2) is 15.0 Å². The Morgan fingerprint density at radius 1 is 1.30 bits per heavy atom. The zero-order chi connectivity index (χ0) is 18.5. The molecule has 142 valence electrons. The van der Waals surface area contributed by atoms with Crippen molar-refractivity contribution >= 4 is 17.6 Å². The van der Waals surface area contributed by atoms with Gasteiger partial charge in [0, 0.05) is 50.8 Å². The van der Waals surface area contributed by atoms with Crippen molar-refractivity contribution in [3.63, 3.8) is 0 Å². The molecule has 0 saturated carbocycles. The fourth-order valence-electron chi connectivity index (χ4n) is 3.57. The maximum atomic E-state index is 12.4. The number of piperidine rings is 1. The number of carbonyl (C=O) groups is 1. The standard InChI is InChI=1S/C18H23N7O2/c26-16(20-7-3-9-24-11-8-19-14-24)15-12-18(27-23-15)4-1-10-25(13-18)17-21-5-2-6-22-17/h2,5-6,8,11,14H,1,3-4,7,9-10,12-13H2,(H,20,26). The maximum absolute atomic E-state index is 12.4. The van der Waals surface area contributed by atoms with Crippen molar-refractivity contribution in [3.05, 3.63) is 37.2 Å². The number of oxime groups is 1. The first kappa shape index (κ1) is 17.4. The van der Waals surface area contributed by atoms with Gasteiger partial charge in [0.15, 0.2) is 5.60 Å². The summed E-state index contributed by atoms with van der Waals surface area (Å²) in [5.74, 6) is 0.545. The van der Waals surface area contributed by atoms with Crippen molar-refractivity contribution in [2.75, 3.05) is 24.5 Å². The Labute approximate surface area is 157 Å². The number of carbonyl (C=O) groups excluding carboxylic acids is 1. The monoisotopic (exact) mass is 369 g/mol. The molecule has 2 aromatic heterocycles. The van der Waals surface area contributed by atoms with Gasteiger partial charge in [0.05, 0.1) is 12.9 Å². The molecule has 4 heterocycles. The summed E-state index contributed by atoms with van der Waals surface area (Å²) in [7, 11) is 0. The van der Waals surface area contributed by atoms with Gasteiger partial charge in [-0.1, -0.05) is 5.16 Å². The van der Waals surface area contributed by atoms with E-state index in [4.69, 9.17) is 4.84 Å². The summed E-state index contributed by atoms with van der Waals surface area (Å²) in [5.41, 5.74) is 0.00876. The molecule has 4 rings (SSSR count). The molecule has 1 amide bonds. The Kier molecular flexibility index (Phi) is 4.99. The van der Waals surface area contributed by atoms with E-state index in [0.29, 0.717) is 31.2 Å². The third kappa shape index (κ3) is 4.07. The smallest absolute Gasteiger partial charge is 0.269 e. The number of hydrogen-bond acceptors (Lipinski definition) is 7. The number of amides is 1. The quantitative estimate of drug-likeness (QED) is 0.763. The van der Waals surface area contributed by atoms with Crippen LogP contribution in [0.15, 0.2) is 42.3 Å². The number of nitrogens with one attached hydrogen (secondary N) is 1. The second-order valence-electron chi connectivity index (χ2n) is 6.97. The molecule has 1 saturated heterocycles. The normalized spacial score (nSPS) is 21.8. The highest BCUT2D eigenvalue weighted by Gasteiger charge is 2.45. The lowest BCUT2D eigenvalue weighted by molar-refractivity contribution is -0.114. The van der Waals surface area contributed by atoms with E-state index >= 15 is 0 Å². The Bertz CT molecular complexity index is 793. The van der Waals surface area contributed by atoms with Crippen LogP contribution in [0.5, 0.6) is 0 Å². The number of hydrogen-bond donors (Lipinski definition) is 1. The number of imidazole rings is 1. The van der Waals surface area contributed by atoms with Gasteiger partial charge < -0.3 is 19.6 Å². The van der Waals surface area contributed by atoms with Crippen molar-refractivity contribution in [3.8, 4) is 0 Å². The molecule has 1 spiro atoms. The SMILES string of the molecule is O=C(NCCCn1ccnc1)C1=NOC2(CCCN(c3ncccn3)C2)C1. The van der Waals surface area contributed by atoms with E-state index in [1.807, 2.05) is 10.8 Å². The van der Waals surface area contributed by atoms with E-state index in [-0.39, 0.29) is 5.91 Å². The molecular formula is C18H23N7O2. The topological polar surface area (TPSA) is 97.5 Å². The average Bonchev–Trinajstić information content (AvgIpc) is 3.36. The predicted octanol–water partition coefficient (Wildman–Crippen LogP) is 0.995. The molecule has 9 heteroatoms. The van der Waals surface area contributed by atoms with E-state index in [1.54, 1.807) is 31.0 Å². The van der Waals surface area contributed by atoms with Crippen LogP contribution < -0.4 is 10.2 Å². The largest absolute Gasteiger partial charge is 0.386 e. The van der Waals surface area contributed by atoms with E-state index in [9.17, 15) is 4.79 Å². The number of nitrogens with zero attached hydrogens (tertiary/aromatic N) is 6. The highest BCUT2D eigenvalue weighted by molar-refractivity contribution is 6.39. The van der Waals surface area contributed by atoms with E-state index in [0.717, 1.165) is 32.4 Å². The van der Waals surface area contributed by atoms with Crippen LogP contribution in [0.3, 0.4) is 0 Å². The van der Waals surface area contributed by atoms with Gasteiger partial charge >= 0.3 is 0 Å². The second kappa shape index (κ2) is 7.73. The van der Waals surface area contributed by atoms with Crippen LogP contribution in [0.4, 0.5) is 5.95 Å². The van der Waals surface area contributed by atoms with Gasteiger partial charge in [0.1, 0.15) is 5.71 Å². The van der Waals surface area contributed by atoms with Crippen LogP contribution in [0.2, 0.25) is 0 Å². The average molecular weight is 369 g/mol. The number of rotatable bonds is 6. The summed E-state index contributed by atoms with van der Waals surface area (Å²) in [6.45, 7) is 2.93. The van der Waals surface area contributed by atoms with Crippen LogP contribution in [0, 0.1) is 0 Å². The fraction of sp³-hybridized carbons (Fsp3) is 0.500. The van der Waals surface area contributed by atoms with Crippen molar-refractivity contribution < 1.29 is 9.63 Å². The summed E-state index contributed by atoms with van der Waals surface area (Å²) < 4.78 is 1.99. The lowest BCUT2D eigenvalue weighted by atomic mass is 9.88. The minimum Gasteiger partial charge on any atom is -0.386 e. The molecule has 2 aromatic rings. The Hall–Kier alpha value is -2.97. The molecule has 2 aliphatic rings. The third-order valence-electron chi connectivity index (χ3n) is 4.91. The van der Waals surface area contributed by atoms with E-state index in [1.165, 1.54) is 0 Å². The zero-order valence-corrected chi connectivity index (χ0v) is 15.1. The number of anilines is 1. The van der Waals surface area contributed by atoms with Crippen LogP contribution in [0.1, 0.15) is 25.7 Å². The van der Waals surface area contributed by atoms with Crippen LogP contribution in [-0.2, 0) is 16.2 Å². The van der Waals surface area contributed by atoms with Crippen LogP contribution >= 0.6 is 0 Å². The molecule has 0 radical (unpaired) electrons. The number of aromatic nitrogens is 4. The van der Waals surface area contributed by atoms with Gasteiger partial charge in [0.2, 0.25) is 5.95 Å². The van der Waals surface area contributed by atoms with Gasteiger partial charge in [-0.2, -0.15) is 0 Å². The molecule has 2 aliphatic heterocycles. The molecule has 0 aromatic carbocycles. The van der Waals surface area contributed by atoms with Gasteiger partial charge in [-0.05, 0) is 25.3 Å². The first-order valence-electron chi connectivity index (χ1n) is 9.25. The van der Waals surface area contributed by atoms with E-state index in [2.05, 4.69) is 30.3 Å². The van der Waals surface area contributed by atoms with Gasteiger partial charge in [-0.15, -0.1) is 0 Å². The molecular weight excluding hydrogens is 346 g/mol. The molecule has 27 heavy (non-hydrogen) atoms. The first-order chi connectivity index (χ1) is 13.2. The Morgan fingerprint density at radius 3 is 3.00 bits per heavy atom. The molecule has 0 bridgehead atoms. The Morgan fingerprint density at radius 2 is 2.19 bits per heavy atom. The molecule has 1 N–H and O–H groups in total. The molecule has 0 aliphatic carbocycles. The van der Waals surface area contributed by atoms with Crippen LogP contribution in [0.25, 0.3) is 0 Å². The van der Waals surface area contributed by atoms with Crippen molar-refractivity contribution in [2.45, 2.75) is 37.8 Å².